The summed E-state index contributed by atoms with van der Waals surface area (Å²) in [5.41, 5.74) is 6.07. The number of nitrogens with two attached hydrogens (primary N) is 1. The van der Waals surface area contributed by atoms with Crippen molar-refractivity contribution in [1.82, 2.24) is 0 Å². The summed E-state index contributed by atoms with van der Waals surface area (Å²) in [5.74, 6) is -1.37. The number of halogens is 2. The normalized spacial score (nSPS) is 10.4. The zero-order chi connectivity index (χ0) is 15.2. The minimum Gasteiger partial charge on any atom is -0.396 e. The molecule has 2 aromatic rings. The Morgan fingerprint density at radius 1 is 1.14 bits per heavy atom. The fourth-order valence-electron chi connectivity index (χ4n) is 1.69. The molecule has 0 unspecified atom stereocenters. The maximum absolute atomic E-state index is 13.3. The molecule has 0 spiro atoms. The van der Waals surface area contributed by atoms with E-state index in [-0.39, 0.29) is 24.7 Å². The molecule has 0 aliphatic rings. The van der Waals surface area contributed by atoms with E-state index >= 15 is 0 Å². The van der Waals surface area contributed by atoms with E-state index in [1.54, 1.807) is 18.2 Å². The third-order valence-electron chi connectivity index (χ3n) is 2.73. The molecule has 0 aliphatic heterocycles. The number of carbonyl (C=O) groups excluding carboxylic acids is 1. The number of hydrogen-bond acceptors (Lipinski definition) is 3. The van der Waals surface area contributed by atoms with Crippen molar-refractivity contribution in [2.24, 2.45) is 0 Å². The van der Waals surface area contributed by atoms with Gasteiger partial charge in [0, 0.05) is 11.3 Å². The van der Waals surface area contributed by atoms with E-state index in [4.69, 9.17) is 10.5 Å². The molecule has 0 saturated carbocycles. The molecule has 0 atom stereocenters. The van der Waals surface area contributed by atoms with E-state index < -0.39 is 11.7 Å². The number of amides is 1. The first-order valence-corrected chi connectivity index (χ1v) is 6.22. The topological polar surface area (TPSA) is 64.3 Å². The molecule has 21 heavy (non-hydrogen) atoms. The van der Waals surface area contributed by atoms with Gasteiger partial charge in [-0.25, -0.2) is 8.78 Å². The van der Waals surface area contributed by atoms with Crippen molar-refractivity contribution in [2.75, 3.05) is 17.7 Å². The lowest BCUT2D eigenvalue weighted by Crippen LogP contribution is -2.18. The first kappa shape index (κ1) is 14.9. The first-order chi connectivity index (χ1) is 10.1. The van der Waals surface area contributed by atoms with Crippen LogP contribution in [0.4, 0.5) is 20.2 Å². The van der Waals surface area contributed by atoms with Crippen LogP contribution in [0.1, 0.15) is 5.56 Å². The Balaban J connectivity index is 1.82. The lowest BCUT2D eigenvalue weighted by atomic mass is 10.2. The van der Waals surface area contributed by atoms with Gasteiger partial charge >= 0.3 is 0 Å². The van der Waals surface area contributed by atoms with Gasteiger partial charge in [-0.05, 0) is 24.3 Å². The zero-order valence-corrected chi connectivity index (χ0v) is 11.1. The number of anilines is 2. The Morgan fingerprint density at radius 2 is 1.90 bits per heavy atom. The third kappa shape index (κ3) is 4.25. The summed E-state index contributed by atoms with van der Waals surface area (Å²) in [5, 5.41) is 2.51. The zero-order valence-electron chi connectivity index (χ0n) is 11.1. The second-order valence-electron chi connectivity index (χ2n) is 4.37. The Labute approximate surface area is 120 Å². The number of nitrogens with one attached hydrogen (secondary N) is 1. The first-order valence-electron chi connectivity index (χ1n) is 6.22. The van der Waals surface area contributed by atoms with Gasteiger partial charge in [-0.15, -0.1) is 0 Å². The summed E-state index contributed by atoms with van der Waals surface area (Å²) in [4.78, 5) is 11.6. The molecule has 2 rings (SSSR count). The smallest absolute Gasteiger partial charge is 0.250 e. The van der Waals surface area contributed by atoms with Crippen LogP contribution in [0.15, 0.2) is 42.5 Å². The van der Waals surface area contributed by atoms with E-state index in [9.17, 15) is 13.6 Å². The molecule has 0 saturated heterocycles. The Kier molecular flexibility index (Phi) is 4.84. The molecule has 2 aromatic carbocycles. The number of benzene rings is 2. The van der Waals surface area contributed by atoms with E-state index in [0.717, 1.165) is 6.07 Å². The maximum Gasteiger partial charge on any atom is 0.250 e. The monoisotopic (exact) mass is 292 g/mol. The average Bonchev–Trinajstić information content (AvgIpc) is 2.45. The molecule has 0 aliphatic carbocycles. The van der Waals surface area contributed by atoms with E-state index in [2.05, 4.69) is 5.32 Å². The van der Waals surface area contributed by atoms with Crippen LogP contribution in [0.3, 0.4) is 0 Å². The standard InChI is InChI=1S/C15H14F2N2O2/c16-12-4-2-1-3-10(12)8-21-9-15(20)19-11-5-6-13(17)14(18)7-11/h1-7H,8-9,18H2,(H,19,20). The van der Waals surface area contributed by atoms with Crippen molar-refractivity contribution < 1.29 is 18.3 Å². The maximum atomic E-state index is 13.3. The Morgan fingerprint density at radius 3 is 2.62 bits per heavy atom. The van der Waals surface area contributed by atoms with Crippen LogP contribution in [0.5, 0.6) is 0 Å². The molecule has 0 radical (unpaired) electrons. The molecule has 0 bridgehead atoms. The molecule has 110 valence electrons. The van der Waals surface area contributed by atoms with Crippen molar-refractivity contribution in [1.29, 1.82) is 0 Å². The number of nitrogen functional groups attached to an aromatic ring is 1. The van der Waals surface area contributed by atoms with Crippen LogP contribution in [0.2, 0.25) is 0 Å². The van der Waals surface area contributed by atoms with Crippen molar-refractivity contribution in [3.05, 3.63) is 59.7 Å². The molecule has 0 fully saturated rings. The van der Waals surface area contributed by atoms with Crippen LogP contribution in [-0.4, -0.2) is 12.5 Å². The molecule has 4 nitrogen and oxygen atoms in total. The van der Waals surface area contributed by atoms with Gasteiger partial charge in [-0.1, -0.05) is 18.2 Å². The van der Waals surface area contributed by atoms with Crippen molar-refractivity contribution in [2.45, 2.75) is 6.61 Å². The second kappa shape index (κ2) is 6.81. The fraction of sp³-hybridized carbons (Fsp3) is 0.133. The Bertz CT molecular complexity index is 647. The van der Waals surface area contributed by atoms with E-state index in [0.29, 0.717) is 11.3 Å². The molecule has 0 heterocycles. The van der Waals surface area contributed by atoms with Crippen molar-refractivity contribution >= 4 is 17.3 Å². The van der Waals surface area contributed by atoms with Crippen LogP contribution in [-0.2, 0) is 16.1 Å². The van der Waals surface area contributed by atoms with Crippen LogP contribution < -0.4 is 11.1 Å². The average molecular weight is 292 g/mol. The van der Waals surface area contributed by atoms with E-state index in [1.807, 2.05) is 0 Å². The van der Waals surface area contributed by atoms with Crippen molar-refractivity contribution in [3.63, 3.8) is 0 Å². The van der Waals surface area contributed by atoms with Crippen molar-refractivity contribution in [3.8, 4) is 0 Å². The molecule has 1 amide bonds. The minimum atomic E-state index is -0.552. The number of carbonyl (C=O) groups is 1. The fourth-order valence-corrected chi connectivity index (χ4v) is 1.69. The van der Waals surface area contributed by atoms with Crippen LogP contribution in [0.25, 0.3) is 0 Å². The molecular formula is C15H14F2N2O2. The summed E-state index contributed by atoms with van der Waals surface area (Å²) in [6, 6.07) is 10.0. The third-order valence-corrected chi connectivity index (χ3v) is 2.73. The Hall–Kier alpha value is -2.47. The van der Waals surface area contributed by atoms with Gasteiger partial charge in [0.25, 0.3) is 0 Å². The molecule has 3 N–H and O–H groups in total. The lowest BCUT2D eigenvalue weighted by molar-refractivity contribution is -0.121. The lowest BCUT2D eigenvalue weighted by Gasteiger charge is -2.08. The van der Waals surface area contributed by atoms with Gasteiger partial charge in [0.2, 0.25) is 5.91 Å². The highest BCUT2D eigenvalue weighted by molar-refractivity contribution is 5.92. The number of rotatable bonds is 5. The summed E-state index contributed by atoms with van der Waals surface area (Å²) in [6.07, 6.45) is 0. The van der Waals surface area contributed by atoms with Gasteiger partial charge in [-0.3, -0.25) is 4.79 Å². The molecule has 6 heteroatoms. The van der Waals surface area contributed by atoms with Gasteiger partial charge in [0.05, 0.1) is 12.3 Å². The highest BCUT2D eigenvalue weighted by atomic mass is 19.1. The van der Waals surface area contributed by atoms with Crippen LogP contribution in [0, 0.1) is 11.6 Å². The summed E-state index contributed by atoms with van der Waals surface area (Å²) < 4.78 is 31.4. The number of ether oxygens (including phenoxy) is 1. The minimum absolute atomic E-state index is 0.00828. The van der Waals surface area contributed by atoms with E-state index in [1.165, 1.54) is 18.2 Å². The van der Waals surface area contributed by atoms with Gasteiger partial charge in [0.1, 0.15) is 18.2 Å². The molecule has 0 aromatic heterocycles. The SMILES string of the molecule is Nc1cc(NC(=O)COCc2ccccc2F)ccc1F. The number of hydrogen-bond donors (Lipinski definition) is 2. The summed E-state index contributed by atoms with van der Waals surface area (Å²) >= 11 is 0. The van der Waals surface area contributed by atoms with Gasteiger partial charge in [0.15, 0.2) is 0 Å². The second-order valence-corrected chi connectivity index (χ2v) is 4.37. The van der Waals surface area contributed by atoms with Crippen LogP contribution >= 0.6 is 0 Å². The van der Waals surface area contributed by atoms with Gasteiger partial charge < -0.3 is 15.8 Å². The summed E-state index contributed by atoms with van der Waals surface area (Å²) in [6.45, 7) is -0.253. The predicted octanol–water partition coefficient (Wildman–Crippen LogP) is 2.70. The molecular weight excluding hydrogens is 278 g/mol. The highest BCUT2D eigenvalue weighted by Crippen LogP contribution is 2.16. The summed E-state index contributed by atoms with van der Waals surface area (Å²) in [7, 11) is 0. The predicted molar refractivity (Wildman–Crippen MR) is 75.5 cm³/mol. The highest BCUT2D eigenvalue weighted by Gasteiger charge is 2.06. The van der Waals surface area contributed by atoms with Gasteiger partial charge in [-0.2, -0.15) is 0 Å². The quantitative estimate of drug-likeness (QED) is 0.833. The largest absolute Gasteiger partial charge is 0.396 e.